The van der Waals surface area contributed by atoms with Gasteiger partial charge in [-0.1, -0.05) is 30.3 Å². The number of hydrogen-bond acceptors (Lipinski definition) is 6. The lowest BCUT2D eigenvalue weighted by atomic mass is 9.69. The van der Waals surface area contributed by atoms with Crippen LogP contribution < -0.4 is 0 Å². The van der Waals surface area contributed by atoms with E-state index in [0.29, 0.717) is 12.7 Å². The molecule has 1 aromatic carbocycles. The van der Waals surface area contributed by atoms with E-state index in [9.17, 15) is 14.4 Å². The molecule has 1 saturated heterocycles. The van der Waals surface area contributed by atoms with Gasteiger partial charge in [0.2, 0.25) is 0 Å². The molecule has 7 heteroatoms. The minimum Gasteiger partial charge on any atom is -0.498 e. The van der Waals surface area contributed by atoms with Crippen LogP contribution in [0.4, 0.5) is 0 Å². The molecule has 1 aliphatic rings. The summed E-state index contributed by atoms with van der Waals surface area (Å²) < 4.78 is 10.2. The van der Waals surface area contributed by atoms with Gasteiger partial charge in [-0.05, 0) is 19.0 Å². The summed E-state index contributed by atoms with van der Waals surface area (Å²) in [5.74, 6) is -1.76. The molecule has 1 aliphatic heterocycles. The summed E-state index contributed by atoms with van der Waals surface area (Å²) in [6.07, 6.45) is 0.995. The highest BCUT2D eigenvalue weighted by molar-refractivity contribution is 6.54. The predicted molar refractivity (Wildman–Crippen MR) is 75.4 cm³/mol. The lowest BCUT2D eigenvalue weighted by Crippen LogP contribution is -2.45. The first-order chi connectivity index (χ1) is 10.1. The van der Waals surface area contributed by atoms with Crippen molar-refractivity contribution < 1.29 is 23.7 Å². The fraction of sp³-hybridized carbons (Fsp3) is 0.357. The predicted octanol–water partition coefficient (Wildman–Crippen LogP) is 0.318. The van der Waals surface area contributed by atoms with Crippen molar-refractivity contribution in [2.24, 2.45) is 0 Å². The molecule has 1 aromatic rings. The third kappa shape index (κ3) is 4.42. The molecule has 0 spiro atoms. The van der Waals surface area contributed by atoms with Crippen LogP contribution in [0.2, 0.25) is 5.82 Å². The van der Waals surface area contributed by atoms with Crippen molar-refractivity contribution in [3.05, 3.63) is 35.9 Å². The molecule has 0 unspecified atom stereocenters. The first-order valence-corrected chi connectivity index (χ1v) is 6.65. The van der Waals surface area contributed by atoms with Gasteiger partial charge >= 0.3 is 19.1 Å². The van der Waals surface area contributed by atoms with Crippen LogP contribution in [0.15, 0.2) is 30.3 Å². The molecule has 0 bridgehead atoms. The van der Waals surface area contributed by atoms with E-state index < -0.39 is 24.9 Å². The van der Waals surface area contributed by atoms with E-state index in [-0.39, 0.29) is 13.1 Å². The SMILES string of the molecule is CN1CC(=O)OB([C@@H](C=O)Cc2ccccc2)OC(=O)C1. The van der Waals surface area contributed by atoms with Gasteiger partial charge in [-0.15, -0.1) is 0 Å². The Morgan fingerprint density at radius 3 is 2.29 bits per heavy atom. The van der Waals surface area contributed by atoms with Crippen LogP contribution >= 0.6 is 0 Å². The highest BCUT2D eigenvalue weighted by Gasteiger charge is 2.39. The van der Waals surface area contributed by atoms with Crippen molar-refractivity contribution in [3.63, 3.8) is 0 Å². The molecule has 0 aromatic heterocycles. The number of hydrogen-bond donors (Lipinski definition) is 0. The molecule has 0 N–H and O–H groups in total. The standard InChI is InChI=1S/C14H16BNO5/c1-16-8-13(18)20-15(21-14(19)9-16)12(10-17)7-11-5-3-2-4-6-11/h2-6,10,12H,7-9H2,1H3/t12-/m1/s1. The van der Waals surface area contributed by atoms with E-state index in [1.807, 2.05) is 30.3 Å². The maximum atomic E-state index is 11.7. The monoisotopic (exact) mass is 289 g/mol. The van der Waals surface area contributed by atoms with E-state index in [0.717, 1.165) is 5.56 Å². The van der Waals surface area contributed by atoms with Crippen LogP contribution in [0.3, 0.4) is 0 Å². The number of rotatable bonds is 4. The molecule has 1 heterocycles. The zero-order chi connectivity index (χ0) is 15.2. The maximum Gasteiger partial charge on any atom is 0.609 e. The van der Waals surface area contributed by atoms with Crippen LogP contribution in [0, 0.1) is 0 Å². The average molecular weight is 289 g/mol. The molecular weight excluding hydrogens is 273 g/mol. The van der Waals surface area contributed by atoms with Crippen LogP contribution in [-0.4, -0.2) is 50.4 Å². The van der Waals surface area contributed by atoms with Gasteiger partial charge in [0, 0.05) is 0 Å². The first-order valence-electron chi connectivity index (χ1n) is 6.65. The highest BCUT2D eigenvalue weighted by Crippen LogP contribution is 2.18. The first kappa shape index (κ1) is 15.2. The van der Waals surface area contributed by atoms with E-state index >= 15 is 0 Å². The summed E-state index contributed by atoms with van der Waals surface area (Å²) in [5, 5.41) is 0. The van der Waals surface area contributed by atoms with Crippen LogP contribution in [0.1, 0.15) is 5.56 Å². The number of carbonyl (C=O) groups excluding carboxylic acids is 3. The Hall–Kier alpha value is -2.15. The van der Waals surface area contributed by atoms with E-state index in [1.165, 1.54) is 4.90 Å². The lowest BCUT2D eigenvalue weighted by Gasteiger charge is -2.24. The minimum atomic E-state index is -1.17. The summed E-state index contributed by atoms with van der Waals surface area (Å²) in [4.78, 5) is 36.1. The number of likely N-dealkylation sites (N-methyl/N-ethyl adjacent to an activating group) is 1. The van der Waals surface area contributed by atoms with Crippen LogP contribution in [0.5, 0.6) is 0 Å². The average Bonchev–Trinajstić information content (AvgIpc) is 2.43. The van der Waals surface area contributed by atoms with Crippen molar-refractivity contribution in [1.82, 2.24) is 4.90 Å². The summed E-state index contributed by atoms with van der Waals surface area (Å²) in [7, 11) is 0.445. The minimum absolute atomic E-state index is 0.0114. The zero-order valence-electron chi connectivity index (χ0n) is 11.7. The summed E-state index contributed by atoms with van der Waals surface area (Å²) >= 11 is 0. The second-order valence-corrected chi connectivity index (χ2v) is 5.01. The van der Waals surface area contributed by atoms with Crippen LogP contribution in [0.25, 0.3) is 0 Å². The van der Waals surface area contributed by atoms with E-state index in [1.54, 1.807) is 7.05 Å². The van der Waals surface area contributed by atoms with Crippen molar-refractivity contribution in [3.8, 4) is 0 Å². The quantitative estimate of drug-likeness (QED) is 0.587. The van der Waals surface area contributed by atoms with Crippen molar-refractivity contribution in [2.75, 3.05) is 20.1 Å². The van der Waals surface area contributed by atoms with Gasteiger partial charge in [-0.2, -0.15) is 0 Å². The maximum absolute atomic E-state index is 11.7. The third-order valence-corrected chi connectivity index (χ3v) is 3.13. The molecule has 6 nitrogen and oxygen atoms in total. The van der Waals surface area contributed by atoms with Crippen molar-refractivity contribution >= 4 is 25.3 Å². The van der Waals surface area contributed by atoms with Gasteiger partial charge in [0.15, 0.2) is 0 Å². The highest BCUT2D eigenvalue weighted by atomic mass is 16.6. The number of nitrogens with zero attached hydrogens (tertiary/aromatic N) is 1. The van der Waals surface area contributed by atoms with Crippen LogP contribution in [-0.2, 0) is 30.1 Å². The fourth-order valence-electron chi connectivity index (χ4n) is 2.12. The second-order valence-electron chi connectivity index (χ2n) is 5.01. The van der Waals surface area contributed by atoms with Gasteiger partial charge in [-0.25, -0.2) is 0 Å². The number of aldehydes is 1. The van der Waals surface area contributed by atoms with Gasteiger partial charge in [0.1, 0.15) is 6.29 Å². The molecule has 0 saturated carbocycles. The van der Waals surface area contributed by atoms with Gasteiger partial charge < -0.3 is 14.1 Å². The summed E-state index contributed by atoms with van der Waals surface area (Å²) in [5.41, 5.74) is 0.904. The Balaban J connectivity index is 2.10. The van der Waals surface area contributed by atoms with Gasteiger partial charge in [-0.3, -0.25) is 14.5 Å². The van der Waals surface area contributed by atoms with Gasteiger partial charge in [0.05, 0.1) is 18.9 Å². The second kappa shape index (κ2) is 7.03. The molecule has 0 radical (unpaired) electrons. The molecule has 110 valence electrons. The molecule has 0 aliphatic carbocycles. The summed E-state index contributed by atoms with van der Waals surface area (Å²) in [6, 6.07) is 9.28. The fourth-order valence-corrected chi connectivity index (χ4v) is 2.12. The topological polar surface area (TPSA) is 72.9 Å². The largest absolute Gasteiger partial charge is 0.609 e. The molecule has 2 rings (SSSR count). The number of carbonyl (C=O) groups is 3. The van der Waals surface area contributed by atoms with Gasteiger partial charge in [0.25, 0.3) is 0 Å². The molecule has 21 heavy (non-hydrogen) atoms. The Bertz CT molecular complexity index is 501. The Labute approximate surface area is 123 Å². The zero-order valence-corrected chi connectivity index (χ0v) is 11.7. The lowest BCUT2D eigenvalue weighted by molar-refractivity contribution is -0.145. The van der Waals surface area contributed by atoms with E-state index in [2.05, 4.69) is 0 Å². The molecule has 1 fully saturated rings. The Morgan fingerprint density at radius 2 is 1.76 bits per heavy atom. The molecule has 0 amide bonds. The van der Waals surface area contributed by atoms with E-state index in [4.69, 9.17) is 9.31 Å². The Kier molecular flexibility index (Phi) is 5.11. The summed E-state index contributed by atoms with van der Waals surface area (Å²) in [6.45, 7) is -0.0228. The Morgan fingerprint density at radius 1 is 1.19 bits per heavy atom. The van der Waals surface area contributed by atoms with Crippen molar-refractivity contribution in [2.45, 2.75) is 12.2 Å². The third-order valence-electron chi connectivity index (χ3n) is 3.13. The molecule has 1 atom stereocenters. The van der Waals surface area contributed by atoms with Crippen molar-refractivity contribution in [1.29, 1.82) is 0 Å². The smallest absolute Gasteiger partial charge is 0.498 e. The molecular formula is C14H16BNO5. The number of benzene rings is 1. The normalized spacial score (nSPS) is 18.2.